The second kappa shape index (κ2) is 4.28. The molecule has 0 N–H and O–H groups in total. The van der Waals surface area contributed by atoms with Gasteiger partial charge in [0.25, 0.3) is 0 Å². The first-order chi connectivity index (χ1) is 7.31. The topological polar surface area (TPSA) is 35.0 Å². The van der Waals surface area contributed by atoms with Crippen LogP contribution in [0, 0.1) is 0 Å². The summed E-state index contributed by atoms with van der Waals surface area (Å²) in [6, 6.07) is 7.58. The van der Waals surface area contributed by atoms with Gasteiger partial charge in [0.2, 0.25) is 0 Å². The highest BCUT2D eigenvalue weighted by Gasteiger charge is 2.05. The Morgan fingerprint density at radius 2 is 2.20 bits per heavy atom. The van der Waals surface area contributed by atoms with Crippen molar-refractivity contribution >= 4 is 11.6 Å². The Bertz CT molecular complexity index is 474. The minimum atomic E-state index is 0.533. The van der Waals surface area contributed by atoms with E-state index in [2.05, 4.69) is 9.97 Å². The van der Waals surface area contributed by atoms with Gasteiger partial charge in [0, 0.05) is 11.8 Å². The fourth-order valence-corrected chi connectivity index (χ4v) is 1.51. The van der Waals surface area contributed by atoms with Crippen LogP contribution in [0.5, 0.6) is 5.75 Å². The van der Waals surface area contributed by atoms with E-state index in [4.69, 9.17) is 16.3 Å². The van der Waals surface area contributed by atoms with Crippen LogP contribution in [-0.2, 0) is 0 Å². The van der Waals surface area contributed by atoms with Crippen molar-refractivity contribution in [3.05, 3.63) is 41.8 Å². The van der Waals surface area contributed by atoms with Gasteiger partial charge in [-0.05, 0) is 12.1 Å². The molecule has 0 saturated heterocycles. The lowest BCUT2D eigenvalue weighted by Crippen LogP contribution is -1.88. The van der Waals surface area contributed by atoms with Crippen molar-refractivity contribution in [2.75, 3.05) is 7.11 Å². The van der Waals surface area contributed by atoms with Gasteiger partial charge in [0.15, 0.2) is 0 Å². The summed E-state index contributed by atoms with van der Waals surface area (Å²) in [5, 5.41) is 0.533. The molecule has 2 rings (SSSR count). The molecule has 0 fully saturated rings. The average molecular weight is 221 g/mol. The Kier molecular flexibility index (Phi) is 2.83. The van der Waals surface area contributed by atoms with E-state index in [9.17, 15) is 0 Å². The molecule has 0 radical (unpaired) electrons. The lowest BCUT2D eigenvalue weighted by molar-refractivity contribution is 0.415. The zero-order valence-electron chi connectivity index (χ0n) is 8.14. The second-order valence-electron chi connectivity index (χ2n) is 2.95. The summed E-state index contributed by atoms with van der Waals surface area (Å²) in [5.41, 5.74) is 1.63. The van der Waals surface area contributed by atoms with Crippen LogP contribution in [0.1, 0.15) is 0 Å². The molecule has 0 saturated carbocycles. The standard InChI is InChI=1S/C11H9ClN2O/c1-15-9-4-2-3-8(5-9)11-10(12)6-13-7-14-11/h2-7H,1H3. The fourth-order valence-electron chi connectivity index (χ4n) is 1.30. The van der Waals surface area contributed by atoms with Gasteiger partial charge in [-0.3, -0.25) is 0 Å². The van der Waals surface area contributed by atoms with Crippen molar-refractivity contribution in [3.63, 3.8) is 0 Å². The van der Waals surface area contributed by atoms with Gasteiger partial charge in [-0.15, -0.1) is 0 Å². The molecule has 1 aromatic carbocycles. The van der Waals surface area contributed by atoms with E-state index in [0.29, 0.717) is 10.7 Å². The molecule has 2 aromatic rings. The van der Waals surface area contributed by atoms with E-state index >= 15 is 0 Å². The largest absolute Gasteiger partial charge is 0.497 e. The zero-order chi connectivity index (χ0) is 10.7. The van der Waals surface area contributed by atoms with Crippen LogP contribution in [0.15, 0.2) is 36.8 Å². The molecular weight excluding hydrogens is 212 g/mol. The van der Waals surface area contributed by atoms with Crippen molar-refractivity contribution in [1.82, 2.24) is 9.97 Å². The van der Waals surface area contributed by atoms with Crippen molar-refractivity contribution in [2.24, 2.45) is 0 Å². The molecule has 1 aromatic heterocycles. The van der Waals surface area contributed by atoms with Gasteiger partial charge in [-0.2, -0.15) is 0 Å². The Labute approximate surface area is 92.7 Å². The van der Waals surface area contributed by atoms with E-state index in [1.165, 1.54) is 6.33 Å². The van der Waals surface area contributed by atoms with Crippen LogP contribution in [0.4, 0.5) is 0 Å². The second-order valence-corrected chi connectivity index (χ2v) is 3.36. The van der Waals surface area contributed by atoms with Gasteiger partial charge in [-0.25, -0.2) is 9.97 Å². The number of methoxy groups -OCH3 is 1. The molecule has 0 atom stereocenters. The minimum Gasteiger partial charge on any atom is -0.497 e. The van der Waals surface area contributed by atoms with Gasteiger partial charge in [0.1, 0.15) is 12.1 Å². The summed E-state index contributed by atoms with van der Waals surface area (Å²) in [6.45, 7) is 0. The smallest absolute Gasteiger partial charge is 0.119 e. The molecule has 3 nitrogen and oxygen atoms in total. The normalized spacial score (nSPS) is 10.0. The van der Waals surface area contributed by atoms with Crippen molar-refractivity contribution < 1.29 is 4.74 Å². The maximum Gasteiger partial charge on any atom is 0.119 e. The number of hydrogen-bond donors (Lipinski definition) is 0. The first-order valence-corrected chi connectivity index (χ1v) is 4.79. The van der Waals surface area contributed by atoms with Gasteiger partial charge >= 0.3 is 0 Å². The molecule has 0 aliphatic carbocycles. The molecule has 4 heteroatoms. The highest BCUT2D eigenvalue weighted by Crippen LogP contribution is 2.26. The first-order valence-electron chi connectivity index (χ1n) is 4.41. The van der Waals surface area contributed by atoms with Crippen molar-refractivity contribution in [3.8, 4) is 17.0 Å². The van der Waals surface area contributed by atoms with Gasteiger partial charge < -0.3 is 4.74 Å². The summed E-state index contributed by atoms with van der Waals surface area (Å²) in [5.74, 6) is 0.780. The van der Waals surface area contributed by atoms with E-state index in [1.807, 2.05) is 24.3 Å². The Morgan fingerprint density at radius 3 is 2.93 bits per heavy atom. The number of nitrogens with zero attached hydrogens (tertiary/aromatic N) is 2. The van der Waals surface area contributed by atoms with E-state index in [-0.39, 0.29) is 0 Å². The SMILES string of the molecule is COc1cccc(-c2ncncc2Cl)c1. The number of hydrogen-bond acceptors (Lipinski definition) is 3. The molecule has 1 heterocycles. The van der Waals surface area contributed by atoms with Crippen LogP contribution < -0.4 is 4.74 Å². The summed E-state index contributed by atoms with van der Waals surface area (Å²) in [4.78, 5) is 7.96. The lowest BCUT2D eigenvalue weighted by atomic mass is 10.1. The third-order valence-corrected chi connectivity index (χ3v) is 2.29. The van der Waals surface area contributed by atoms with Crippen LogP contribution in [0.2, 0.25) is 5.02 Å². The van der Waals surface area contributed by atoms with E-state index < -0.39 is 0 Å². The highest BCUT2D eigenvalue weighted by molar-refractivity contribution is 6.32. The number of ether oxygens (including phenoxy) is 1. The number of benzene rings is 1. The van der Waals surface area contributed by atoms with E-state index in [0.717, 1.165) is 11.3 Å². The highest BCUT2D eigenvalue weighted by atomic mass is 35.5. The molecule has 0 unspecified atom stereocenters. The Balaban J connectivity index is 2.49. The van der Waals surface area contributed by atoms with E-state index in [1.54, 1.807) is 13.3 Å². The first kappa shape index (κ1) is 9.93. The number of halogens is 1. The molecule has 15 heavy (non-hydrogen) atoms. The number of aromatic nitrogens is 2. The zero-order valence-corrected chi connectivity index (χ0v) is 8.90. The number of rotatable bonds is 2. The Morgan fingerprint density at radius 1 is 1.33 bits per heavy atom. The summed E-state index contributed by atoms with van der Waals surface area (Å²) >= 11 is 5.99. The molecule has 0 amide bonds. The molecular formula is C11H9ClN2O. The summed E-state index contributed by atoms with van der Waals surface area (Å²) < 4.78 is 5.13. The van der Waals surface area contributed by atoms with Crippen LogP contribution >= 0.6 is 11.6 Å². The summed E-state index contributed by atoms with van der Waals surface area (Å²) in [6.07, 6.45) is 3.05. The molecule has 0 aliphatic heterocycles. The van der Waals surface area contributed by atoms with Gasteiger partial charge in [0.05, 0.1) is 17.8 Å². The molecule has 0 spiro atoms. The lowest BCUT2D eigenvalue weighted by Gasteiger charge is -2.04. The van der Waals surface area contributed by atoms with Crippen LogP contribution in [0.25, 0.3) is 11.3 Å². The monoisotopic (exact) mass is 220 g/mol. The third-order valence-electron chi connectivity index (χ3n) is 2.01. The van der Waals surface area contributed by atoms with Crippen LogP contribution in [0.3, 0.4) is 0 Å². The molecule has 0 bridgehead atoms. The minimum absolute atomic E-state index is 0.533. The molecule has 0 aliphatic rings. The maximum absolute atomic E-state index is 5.99. The predicted molar refractivity (Wildman–Crippen MR) is 59.0 cm³/mol. The fraction of sp³-hybridized carbons (Fsp3) is 0.0909. The van der Waals surface area contributed by atoms with Crippen LogP contribution in [-0.4, -0.2) is 17.1 Å². The predicted octanol–water partition coefficient (Wildman–Crippen LogP) is 2.81. The third kappa shape index (κ3) is 2.07. The Hall–Kier alpha value is -1.61. The van der Waals surface area contributed by atoms with Crippen molar-refractivity contribution in [1.29, 1.82) is 0 Å². The van der Waals surface area contributed by atoms with Gasteiger partial charge in [-0.1, -0.05) is 23.7 Å². The summed E-state index contributed by atoms with van der Waals surface area (Å²) in [7, 11) is 1.63. The maximum atomic E-state index is 5.99. The quantitative estimate of drug-likeness (QED) is 0.781. The van der Waals surface area contributed by atoms with Crippen molar-refractivity contribution in [2.45, 2.75) is 0 Å². The molecule has 76 valence electrons. The average Bonchev–Trinajstić information content (AvgIpc) is 2.30.